The molecule has 21 heavy (non-hydrogen) atoms. The summed E-state index contributed by atoms with van der Waals surface area (Å²) in [6, 6.07) is 6.79. The van der Waals surface area contributed by atoms with Gasteiger partial charge in [0.25, 0.3) is 0 Å². The molecule has 0 unspecified atom stereocenters. The van der Waals surface area contributed by atoms with Crippen LogP contribution in [0.25, 0.3) is 0 Å². The number of rotatable bonds is 7. The van der Waals surface area contributed by atoms with Gasteiger partial charge in [0.1, 0.15) is 4.90 Å². The Labute approximate surface area is 126 Å². The highest BCUT2D eigenvalue weighted by molar-refractivity contribution is 7.89. The molecule has 0 fully saturated rings. The van der Waals surface area contributed by atoms with Gasteiger partial charge in [0, 0.05) is 27.2 Å². The summed E-state index contributed by atoms with van der Waals surface area (Å²) < 4.78 is 30.6. The lowest BCUT2D eigenvalue weighted by atomic mass is 10.2. The Balaban J connectivity index is 3.14. The van der Waals surface area contributed by atoms with E-state index in [0.29, 0.717) is 18.8 Å². The summed E-state index contributed by atoms with van der Waals surface area (Å²) in [5.41, 5.74) is 0.595. The minimum Gasteiger partial charge on any atom is -0.469 e. The smallest absolute Gasteiger partial charge is 0.307 e. The van der Waals surface area contributed by atoms with Crippen molar-refractivity contribution in [2.45, 2.75) is 18.2 Å². The Bertz CT molecular complexity index is 584. The lowest BCUT2D eigenvalue weighted by molar-refractivity contribution is -0.140. The Morgan fingerprint density at radius 3 is 2.38 bits per heavy atom. The van der Waals surface area contributed by atoms with E-state index in [1.165, 1.54) is 25.5 Å². The van der Waals surface area contributed by atoms with Crippen LogP contribution in [0.4, 0.5) is 5.69 Å². The van der Waals surface area contributed by atoms with Gasteiger partial charge >= 0.3 is 5.97 Å². The van der Waals surface area contributed by atoms with Gasteiger partial charge in [-0.25, -0.2) is 12.7 Å². The molecule has 0 saturated heterocycles. The number of carbonyl (C=O) groups is 1. The van der Waals surface area contributed by atoms with Crippen LogP contribution in [0.2, 0.25) is 0 Å². The van der Waals surface area contributed by atoms with Gasteiger partial charge in [-0.05, 0) is 19.1 Å². The molecule has 1 aromatic carbocycles. The van der Waals surface area contributed by atoms with Crippen molar-refractivity contribution in [2.24, 2.45) is 0 Å². The second-order valence-corrected chi connectivity index (χ2v) is 6.78. The molecule has 0 bridgehead atoms. The maximum absolute atomic E-state index is 12.4. The van der Waals surface area contributed by atoms with Gasteiger partial charge in [0.05, 0.1) is 19.2 Å². The fraction of sp³-hybridized carbons (Fsp3) is 0.500. The third-order valence-corrected chi connectivity index (χ3v) is 5.02. The molecule has 0 atom stereocenters. The van der Waals surface area contributed by atoms with Crippen LogP contribution in [-0.4, -0.2) is 53.0 Å². The molecule has 0 N–H and O–H groups in total. The minimum absolute atomic E-state index is 0.209. The van der Waals surface area contributed by atoms with Gasteiger partial charge in [0.2, 0.25) is 10.0 Å². The fourth-order valence-electron chi connectivity index (χ4n) is 1.91. The van der Waals surface area contributed by atoms with Crippen molar-refractivity contribution in [3.05, 3.63) is 24.3 Å². The van der Waals surface area contributed by atoms with E-state index in [-0.39, 0.29) is 17.3 Å². The van der Waals surface area contributed by atoms with Crippen LogP contribution in [0.1, 0.15) is 13.3 Å². The molecule has 0 aliphatic rings. The molecule has 0 aliphatic carbocycles. The van der Waals surface area contributed by atoms with Crippen molar-refractivity contribution in [3.63, 3.8) is 0 Å². The van der Waals surface area contributed by atoms with Crippen LogP contribution in [0.15, 0.2) is 29.2 Å². The van der Waals surface area contributed by atoms with E-state index in [9.17, 15) is 13.2 Å². The summed E-state index contributed by atoms with van der Waals surface area (Å²) in [6.07, 6.45) is 0.209. The molecule has 0 spiro atoms. The van der Waals surface area contributed by atoms with Gasteiger partial charge in [-0.2, -0.15) is 0 Å². The fourth-order valence-corrected chi connectivity index (χ4v) is 3.02. The van der Waals surface area contributed by atoms with Gasteiger partial charge in [0.15, 0.2) is 0 Å². The largest absolute Gasteiger partial charge is 0.469 e. The van der Waals surface area contributed by atoms with Crippen LogP contribution in [0.3, 0.4) is 0 Å². The molecule has 6 nitrogen and oxygen atoms in total. The maximum Gasteiger partial charge on any atom is 0.307 e. The zero-order valence-corrected chi connectivity index (χ0v) is 13.7. The Morgan fingerprint density at radius 2 is 1.86 bits per heavy atom. The third kappa shape index (κ3) is 4.18. The lowest BCUT2D eigenvalue weighted by Crippen LogP contribution is -2.30. The summed E-state index contributed by atoms with van der Waals surface area (Å²) in [7, 11) is 0.799. The van der Waals surface area contributed by atoms with E-state index in [1.807, 2.05) is 11.8 Å². The number of carbonyl (C=O) groups excluding carboxylic acids is 1. The highest BCUT2D eigenvalue weighted by Crippen LogP contribution is 2.26. The molecule has 118 valence electrons. The molecule has 7 heteroatoms. The Hall–Kier alpha value is -1.60. The van der Waals surface area contributed by atoms with E-state index in [0.717, 1.165) is 0 Å². The van der Waals surface area contributed by atoms with Crippen LogP contribution in [-0.2, 0) is 19.6 Å². The summed E-state index contributed by atoms with van der Waals surface area (Å²) in [4.78, 5) is 13.4. The van der Waals surface area contributed by atoms with E-state index < -0.39 is 10.0 Å². The molecule has 0 aromatic heterocycles. The number of para-hydroxylation sites is 1. The predicted octanol–water partition coefficient (Wildman–Crippen LogP) is 1.33. The molecule has 0 heterocycles. The van der Waals surface area contributed by atoms with Crippen molar-refractivity contribution in [1.29, 1.82) is 0 Å². The van der Waals surface area contributed by atoms with Gasteiger partial charge in [-0.15, -0.1) is 0 Å². The first-order valence-corrected chi connectivity index (χ1v) is 8.12. The molecule has 0 radical (unpaired) electrons. The highest BCUT2D eigenvalue weighted by Gasteiger charge is 2.23. The number of anilines is 1. The van der Waals surface area contributed by atoms with Gasteiger partial charge < -0.3 is 9.64 Å². The Kier molecular flexibility index (Phi) is 6.17. The number of esters is 1. The standard InChI is InChI=1S/C14H22N2O4S/c1-5-16(11-10-14(17)20-4)12-8-6-7-9-13(12)21(18,19)15(2)3/h6-9H,5,10-11H2,1-4H3. The van der Waals surface area contributed by atoms with Crippen LogP contribution in [0, 0.1) is 0 Å². The van der Waals surface area contributed by atoms with Crippen LogP contribution in [0.5, 0.6) is 0 Å². The zero-order chi connectivity index (χ0) is 16.0. The summed E-state index contributed by atoms with van der Waals surface area (Å²) in [5, 5.41) is 0. The number of methoxy groups -OCH3 is 1. The van der Waals surface area contributed by atoms with Gasteiger partial charge in [-0.1, -0.05) is 12.1 Å². The monoisotopic (exact) mass is 314 g/mol. The third-order valence-electron chi connectivity index (χ3n) is 3.16. The quantitative estimate of drug-likeness (QED) is 0.710. The topological polar surface area (TPSA) is 66.9 Å². The van der Waals surface area contributed by atoms with Gasteiger partial charge in [-0.3, -0.25) is 4.79 Å². The number of hydrogen-bond acceptors (Lipinski definition) is 5. The molecular formula is C14H22N2O4S. The van der Waals surface area contributed by atoms with E-state index in [4.69, 9.17) is 0 Å². The number of sulfonamides is 1. The molecule has 1 aromatic rings. The normalized spacial score (nSPS) is 11.5. The zero-order valence-electron chi connectivity index (χ0n) is 12.9. The van der Waals surface area contributed by atoms with Crippen molar-refractivity contribution >= 4 is 21.7 Å². The first-order valence-electron chi connectivity index (χ1n) is 6.68. The average Bonchev–Trinajstić information content (AvgIpc) is 2.47. The summed E-state index contributed by atoms with van der Waals surface area (Å²) in [5.74, 6) is -0.318. The average molecular weight is 314 g/mol. The minimum atomic E-state index is -3.53. The second-order valence-electron chi connectivity index (χ2n) is 4.66. The maximum atomic E-state index is 12.4. The first kappa shape index (κ1) is 17.5. The van der Waals surface area contributed by atoms with Crippen molar-refractivity contribution < 1.29 is 17.9 Å². The summed E-state index contributed by atoms with van der Waals surface area (Å²) in [6.45, 7) is 2.91. The predicted molar refractivity (Wildman–Crippen MR) is 81.8 cm³/mol. The lowest BCUT2D eigenvalue weighted by Gasteiger charge is -2.26. The summed E-state index contributed by atoms with van der Waals surface area (Å²) >= 11 is 0. The van der Waals surface area contributed by atoms with Crippen molar-refractivity contribution in [1.82, 2.24) is 4.31 Å². The van der Waals surface area contributed by atoms with E-state index in [1.54, 1.807) is 24.3 Å². The number of ether oxygens (including phenoxy) is 1. The molecular weight excluding hydrogens is 292 g/mol. The van der Waals surface area contributed by atoms with Crippen LogP contribution < -0.4 is 4.90 Å². The number of nitrogens with zero attached hydrogens (tertiary/aromatic N) is 2. The van der Waals surface area contributed by atoms with E-state index in [2.05, 4.69) is 4.74 Å². The molecule has 0 aliphatic heterocycles. The van der Waals surface area contributed by atoms with Crippen molar-refractivity contribution in [3.8, 4) is 0 Å². The Morgan fingerprint density at radius 1 is 1.24 bits per heavy atom. The van der Waals surface area contributed by atoms with Crippen molar-refractivity contribution in [2.75, 3.05) is 39.2 Å². The second kappa shape index (κ2) is 7.42. The van der Waals surface area contributed by atoms with Crippen LogP contribution >= 0.6 is 0 Å². The molecule has 0 amide bonds. The first-order chi connectivity index (χ1) is 9.84. The number of benzene rings is 1. The molecule has 0 saturated carbocycles. The number of hydrogen-bond donors (Lipinski definition) is 0. The highest BCUT2D eigenvalue weighted by atomic mass is 32.2. The van der Waals surface area contributed by atoms with E-state index >= 15 is 0 Å². The SMILES string of the molecule is CCN(CCC(=O)OC)c1ccccc1S(=O)(=O)N(C)C. The molecule has 1 rings (SSSR count).